The molecule has 1 saturated heterocycles. The van der Waals surface area contributed by atoms with Crippen LogP contribution < -0.4 is 9.47 Å². The van der Waals surface area contributed by atoms with Crippen molar-refractivity contribution in [3.05, 3.63) is 18.2 Å². The summed E-state index contributed by atoms with van der Waals surface area (Å²) in [6.45, 7) is 1.68. The number of hydrogen-bond donors (Lipinski definition) is 0. The van der Waals surface area contributed by atoms with Crippen LogP contribution in [0, 0.1) is 0 Å². The number of amides is 1. The van der Waals surface area contributed by atoms with Gasteiger partial charge in [0.2, 0.25) is 11.1 Å². The first kappa shape index (κ1) is 17.5. The average molecular weight is 363 g/mol. The molecule has 1 fully saturated rings. The lowest BCUT2D eigenvalue weighted by Gasteiger charge is -2.26. The molecule has 0 bridgehead atoms. The van der Waals surface area contributed by atoms with Crippen molar-refractivity contribution >= 4 is 17.7 Å². The fourth-order valence-corrected chi connectivity index (χ4v) is 3.53. The van der Waals surface area contributed by atoms with E-state index in [1.807, 2.05) is 4.90 Å². The van der Waals surface area contributed by atoms with Gasteiger partial charge in [-0.3, -0.25) is 4.79 Å². The second kappa shape index (κ2) is 8.19. The minimum atomic E-state index is 0.122. The van der Waals surface area contributed by atoms with Crippen molar-refractivity contribution in [2.24, 2.45) is 0 Å². The third-order valence-electron chi connectivity index (χ3n) is 4.09. The molecule has 0 aliphatic carbocycles. The van der Waals surface area contributed by atoms with Gasteiger partial charge in [-0.2, -0.15) is 4.68 Å². The van der Waals surface area contributed by atoms with Crippen LogP contribution >= 0.6 is 11.8 Å². The summed E-state index contributed by atoms with van der Waals surface area (Å²) < 4.78 is 12.2. The lowest BCUT2D eigenvalue weighted by molar-refractivity contribution is -0.129. The molecule has 1 aliphatic rings. The zero-order valence-electron chi connectivity index (χ0n) is 14.3. The maximum Gasteiger partial charge on any atom is 0.233 e. The summed E-state index contributed by atoms with van der Waals surface area (Å²) >= 11 is 1.32. The molecule has 2 heterocycles. The summed E-state index contributed by atoms with van der Waals surface area (Å²) in [4.78, 5) is 14.3. The van der Waals surface area contributed by atoms with Crippen LogP contribution in [-0.4, -0.2) is 64.1 Å². The standard InChI is InChI=1S/C16H21N5O3S/c1-23-12-6-7-14(24-2)13(10-12)21-16(17-18-19-21)25-11-15(22)20-8-4-3-5-9-20/h6-7,10H,3-5,8-9,11H2,1-2H3. The van der Waals surface area contributed by atoms with E-state index >= 15 is 0 Å². The highest BCUT2D eigenvalue weighted by Gasteiger charge is 2.19. The molecule has 1 amide bonds. The van der Waals surface area contributed by atoms with Gasteiger partial charge >= 0.3 is 0 Å². The van der Waals surface area contributed by atoms with Gasteiger partial charge in [-0.1, -0.05) is 11.8 Å². The zero-order chi connectivity index (χ0) is 17.6. The van der Waals surface area contributed by atoms with Gasteiger partial charge < -0.3 is 14.4 Å². The molecular weight excluding hydrogens is 342 g/mol. The number of nitrogens with zero attached hydrogens (tertiary/aromatic N) is 5. The third-order valence-corrected chi connectivity index (χ3v) is 4.99. The number of tetrazole rings is 1. The molecule has 134 valence electrons. The highest BCUT2D eigenvalue weighted by atomic mass is 32.2. The van der Waals surface area contributed by atoms with Crippen molar-refractivity contribution in [1.29, 1.82) is 0 Å². The molecule has 1 aromatic carbocycles. The average Bonchev–Trinajstić information content (AvgIpc) is 3.14. The Balaban J connectivity index is 1.75. The van der Waals surface area contributed by atoms with E-state index in [1.165, 1.54) is 18.2 Å². The first-order valence-electron chi connectivity index (χ1n) is 8.14. The van der Waals surface area contributed by atoms with Gasteiger partial charge in [0.25, 0.3) is 0 Å². The molecule has 9 heteroatoms. The number of thioether (sulfide) groups is 1. The maximum absolute atomic E-state index is 12.3. The Morgan fingerprint density at radius 1 is 1.20 bits per heavy atom. The van der Waals surface area contributed by atoms with Crippen LogP contribution in [0.3, 0.4) is 0 Å². The normalized spacial score (nSPS) is 14.4. The van der Waals surface area contributed by atoms with Gasteiger partial charge in [-0.15, -0.1) is 5.10 Å². The topological polar surface area (TPSA) is 82.4 Å². The van der Waals surface area contributed by atoms with Crippen molar-refractivity contribution in [3.63, 3.8) is 0 Å². The fraction of sp³-hybridized carbons (Fsp3) is 0.500. The van der Waals surface area contributed by atoms with E-state index < -0.39 is 0 Å². The molecule has 1 aliphatic heterocycles. The Hall–Kier alpha value is -2.29. The summed E-state index contributed by atoms with van der Waals surface area (Å²) in [7, 11) is 3.18. The van der Waals surface area contributed by atoms with E-state index in [2.05, 4.69) is 15.5 Å². The van der Waals surface area contributed by atoms with E-state index in [4.69, 9.17) is 9.47 Å². The lowest BCUT2D eigenvalue weighted by atomic mass is 10.1. The molecule has 2 aromatic rings. The van der Waals surface area contributed by atoms with Crippen LogP contribution in [0.1, 0.15) is 19.3 Å². The van der Waals surface area contributed by atoms with Crippen molar-refractivity contribution in [3.8, 4) is 17.2 Å². The van der Waals surface area contributed by atoms with Gasteiger partial charge in [0.1, 0.15) is 17.2 Å². The molecule has 0 saturated carbocycles. The summed E-state index contributed by atoms with van der Waals surface area (Å²) in [6.07, 6.45) is 3.36. The Labute approximate surface area is 150 Å². The lowest BCUT2D eigenvalue weighted by Crippen LogP contribution is -2.36. The number of piperidine rings is 1. The van der Waals surface area contributed by atoms with E-state index in [-0.39, 0.29) is 5.91 Å². The highest BCUT2D eigenvalue weighted by Crippen LogP contribution is 2.29. The second-order valence-corrected chi connectivity index (χ2v) is 6.58. The monoisotopic (exact) mass is 363 g/mol. The van der Waals surface area contributed by atoms with Crippen molar-refractivity contribution in [2.45, 2.75) is 24.4 Å². The second-order valence-electron chi connectivity index (χ2n) is 5.64. The van der Waals surface area contributed by atoms with Gasteiger partial charge in [-0.25, -0.2) is 0 Å². The minimum absolute atomic E-state index is 0.122. The Morgan fingerprint density at radius 2 is 2.00 bits per heavy atom. The molecule has 1 aromatic heterocycles. The van der Waals surface area contributed by atoms with Gasteiger partial charge in [-0.05, 0) is 41.8 Å². The predicted molar refractivity (Wildman–Crippen MR) is 93.4 cm³/mol. The molecular formula is C16H21N5O3S. The molecule has 0 N–H and O–H groups in total. The number of aromatic nitrogens is 4. The molecule has 0 radical (unpaired) electrons. The Bertz CT molecular complexity index is 730. The number of rotatable bonds is 6. The van der Waals surface area contributed by atoms with Crippen LogP contribution in [0.2, 0.25) is 0 Å². The molecule has 25 heavy (non-hydrogen) atoms. The molecule has 0 spiro atoms. The maximum atomic E-state index is 12.3. The highest BCUT2D eigenvalue weighted by molar-refractivity contribution is 7.99. The molecule has 3 rings (SSSR count). The molecule has 0 unspecified atom stereocenters. The largest absolute Gasteiger partial charge is 0.497 e. The minimum Gasteiger partial charge on any atom is -0.497 e. The summed E-state index contributed by atoms with van der Waals surface area (Å²) in [5, 5.41) is 12.4. The van der Waals surface area contributed by atoms with Gasteiger partial charge in [0, 0.05) is 19.2 Å². The Morgan fingerprint density at radius 3 is 2.72 bits per heavy atom. The number of carbonyl (C=O) groups excluding carboxylic acids is 1. The van der Waals surface area contributed by atoms with Crippen molar-refractivity contribution in [2.75, 3.05) is 33.1 Å². The number of benzene rings is 1. The summed E-state index contributed by atoms with van der Waals surface area (Å²) in [5.41, 5.74) is 0.666. The number of likely N-dealkylation sites (tertiary alicyclic amines) is 1. The first-order chi connectivity index (χ1) is 12.2. The molecule has 0 atom stereocenters. The third kappa shape index (κ3) is 4.04. The quantitative estimate of drug-likeness (QED) is 0.724. The SMILES string of the molecule is COc1ccc(OC)c(-n2nnnc2SCC(=O)N2CCCCC2)c1. The number of methoxy groups -OCH3 is 2. The van der Waals surface area contributed by atoms with Crippen molar-refractivity contribution in [1.82, 2.24) is 25.1 Å². The van der Waals surface area contributed by atoms with Crippen LogP contribution in [-0.2, 0) is 4.79 Å². The van der Waals surface area contributed by atoms with Crippen LogP contribution in [0.4, 0.5) is 0 Å². The van der Waals surface area contributed by atoms with Crippen LogP contribution in [0.15, 0.2) is 23.4 Å². The van der Waals surface area contributed by atoms with E-state index in [9.17, 15) is 4.79 Å². The number of ether oxygens (including phenoxy) is 2. The van der Waals surface area contributed by atoms with Crippen LogP contribution in [0.25, 0.3) is 5.69 Å². The smallest absolute Gasteiger partial charge is 0.233 e. The van der Waals surface area contributed by atoms with Crippen molar-refractivity contribution < 1.29 is 14.3 Å². The Kier molecular flexibility index (Phi) is 5.75. The van der Waals surface area contributed by atoms with E-state index in [0.29, 0.717) is 28.1 Å². The number of hydrogen-bond acceptors (Lipinski definition) is 7. The predicted octanol–water partition coefficient (Wildman–Crippen LogP) is 1.78. The van der Waals surface area contributed by atoms with Gasteiger partial charge in [0.05, 0.1) is 20.0 Å². The van der Waals surface area contributed by atoms with E-state index in [0.717, 1.165) is 25.9 Å². The summed E-state index contributed by atoms with van der Waals surface area (Å²) in [6, 6.07) is 5.40. The van der Waals surface area contributed by atoms with E-state index in [1.54, 1.807) is 37.1 Å². The van der Waals surface area contributed by atoms with Gasteiger partial charge in [0.15, 0.2) is 0 Å². The first-order valence-corrected chi connectivity index (χ1v) is 9.13. The summed E-state index contributed by atoms with van der Waals surface area (Å²) in [5.74, 6) is 1.73. The fourth-order valence-electron chi connectivity index (χ4n) is 2.74. The zero-order valence-corrected chi connectivity index (χ0v) is 15.2. The number of carbonyl (C=O) groups is 1. The van der Waals surface area contributed by atoms with Crippen LogP contribution in [0.5, 0.6) is 11.5 Å². The molecule has 8 nitrogen and oxygen atoms in total.